The number of hydrogen-bond donors (Lipinski definition) is 0. The van der Waals surface area contributed by atoms with Gasteiger partial charge in [0.15, 0.2) is 0 Å². The van der Waals surface area contributed by atoms with E-state index < -0.39 is 0 Å². The second-order valence-electron chi connectivity index (χ2n) is 2.67. The van der Waals surface area contributed by atoms with Gasteiger partial charge in [-0.05, 0) is 6.07 Å². The molecule has 0 amide bonds. The zero-order chi connectivity index (χ0) is 9.84. The molecule has 13 heavy (non-hydrogen) atoms. The summed E-state index contributed by atoms with van der Waals surface area (Å²) < 4.78 is 1.47. The fourth-order valence-corrected chi connectivity index (χ4v) is 0.912. The third-order valence-electron chi connectivity index (χ3n) is 1.73. The van der Waals surface area contributed by atoms with Crippen LogP contribution < -0.4 is 10.6 Å². The van der Waals surface area contributed by atoms with Crippen LogP contribution in [-0.2, 0) is 7.05 Å². The molecule has 1 aliphatic heterocycles. The van der Waals surface area contributed by atoms with Crippen molar-refractivity contribution in [3.05, 3.63) is 22.7 Å². The van der Waals surface area contributed by atoms with Gasteiger partial charge in [0, 0.05) is 26.3 Å². The monoisotopic (exact) mass is 181 g/mol. The summed E-state index contributed by atoms with van der Waals surface area (Å²) in [6.07, 6.45) is 1.74. The molecule has 1 fully saturated rings. The minimum atomic E-state index is -0.186. The summed E-state index contributed by atoms with van der Waals surface area (Å²) in [4.78, 5) is 16.9. The summed E-state index contributed by atoms with van der Waals surface area (Å²) in [5.74, 6) is 0.799. The topological polar surface area (TPSA) is 37.9 Å². The van der Waals surface area contributed by atoms with Crippen molar-refractivity contribution < 1.29 is 0 Å². The van der Waals surface area contributed by atoms with Crippen molar-refractivity contribution in [1.82, 2.24) is 9.55 Å². The van der Waals surface area contributed by atoms with Crippen LogP contribution in [0.5, 0.6) is 0 Å². The van der Waals surface area contributed by atoms with Crippen LogP contribution in [0.4, 0.5) is 5.82 Å². The largest absolute Gasteiger partial charge is 0.353 e. The summed E-state index contributed by atoms with van der Waals surface area (Å²) in [6, 6.07) is 1.86. The first-order valence-electron chi connectivity index (χ1n) is 4.56. The summed E-state index contributed by atoms with van der Waals surface area (Å²) in [5.41, 5.74) is -0.186. The predicted molar refractivity (Wildman–Crippen MR) is 53.0 cm³/mol. The van der Waals surface area contributed by atoms with Gasteiger partial charge in [-0.1, -0.05) is 13.8 Å². The molecule has 0 unspecified atom stereocenters. The van der Waals surface area contributed by atoms with Crippen molar-refractivity contribution in [3.8, 4) is 0 Å². The standard InChI is InChI=1S/C7H9N3O.C2H6/c1-9-3-2-6(8-7(9)11)10-4-5-10;1-2/h2-3H,4-5H2,1H3;1-2H3. The van der Waals surface area contributed by atoms with Gasteiger partial charge in [0.25, 0.3) is 0 Å². The van der Waals surface area contributed by atoms with E-state index in [0.717, 1.165) is 18.9 Å². The molecule has 0 atom stereocenters. The molecule has 0 radical (unpaired) electrons. The van der Waals surface area contributed by atoms with Crippen molar-refractivity contribution in [2.75, 3.05) is 18.0 Å². The van der Waals surface area contributed by atoms with Gasteiger partial charge in [0.2, 0.25) is 0 Å². The Kier molecular flexibility index (Phi) is 3.06. The number of aromatic nitrogens is 2. The molecule has 72 valence electrons. The number of aryl methyl sites for hydroxylation is 1. The van der Waals surface area contributed by atoms with Gasteiger partial charge >= 0.3 is 5.69 Å². The van der Waals surface area contributed by atoms with Crippen molar-refractivity contribution in [2.45, 2.75) is 13.8 Å². The average Bonchev–Trinajstić information content (AvgIpc) is 2.96. The van der Waals surface area contributed by atoms with Gasteiger partial charge < -0.3 is 9.47 Å². The van der Waals surface area contributed by atoms with E-state index in [1.54, 1.807) is 13.2 Å². The first-order chi connectivity index (χ1) is 6.27. The van der Waals surface area contributed by atoms with Crippen molar-refractivity contribution in [2.24, 2.45) is 7.05 Å². The highest BCUT2D eigenvalue weighted by atomic mass is 16.1. The van der Waals surface area contributed by atoms with E-state index in [1.165, 1.54) is 4.57 Å². The molecular formula is C9H15N3O. The van der Waals surface area contributed by atoms with Gasteiger partial charge in [-0.15, -0.1) is 0 Å². The van der Waals surface area contributed by atoms with E-state index in [0.29, 0.717) is 0 Å². The molecule has 0 aromatic carbocycles. The summed E-state index contributed by atoms with van der Waals surface area (Å²) in [5, 5.41) is 0. The summed E-state index contributed by atoms with van der Waals surface area (Å²) >= 11 is 0. The Morgan fingerprint density at radius 3 is 2.46 bits per heavy atom. The highest BCUT2D eigenvalue weighted by Crippen LogP contribution is 2.14. The normalized spacial score (nSPS) is 13.3. The molecule has 1 aromatic rings. The fraction of sp³-hybridized carbons (Fsp3) is 0.556. The number of hydrogen-bond acceptors (Lipinski definition) is 3. The Hall–Kier alpha value is -1.32. The van der Waals surface area contributed by atoms with Crippen LogP contribution >= 0.6 is 0 Å². The first-order valence-corrected chi connectivity index (χ1v) is 4.56. The highest BCUT2D eigenvalue weighted by molar-refractivity contribution is 5.42. The average molecular weight is 181 g/mol. The van der Waals surface area contributed by atoms with E-state index in [4.69, 9.17) is 0 Å². The maximum absolute atomic E-state index is 11.0. The molecule has 4 nitrogen and oxygen atoms in total. The first kappa shape index (κ1) is 9.77. The van der Waals surface area contributed by atoms with Crippen LogP contribution in [0.2, 0.25) is 0 Å². The third kappa shape index (κ3) is 2.31. The molecule has 0 N–H and O–H groups in total. The van der Waals surface area contributed by atoms with Gasteiger partial charge in [-0.25, -0.2) is 4.79 Å². The second kappa shape index (κ2) is 4.07. The van der Waals surface area contributed by atoms with Crippen molar-refractivity contribution >= 4 is 5.82 Å². The van der Waals surface area contributed by atoms with Gasteiger partial charge in [0.1, 0.15) is 5.82 Å². The summed E-state index contributed by atoms with van der Waals surface area (Å²) in [7, 11) is 1.70. The lowest BCUT2D eigenvalue weighted by Gasteiger charge is -2.00. The lowest BCUT2D eigenvalue weighted by atomic mass is 10.6. The van der Waals surface area contributed by atoms with E-state index in [1.807, 2.05) is 24.8 Å². The fourth-order valence-electron chi connectivity index (χ4n) is 0.912. The minimum absolute atomic E-state index is 0.186. The molecule has 0 saturated carbocycles. The number of rotatable bonds is 1. The van der Waals surface area contributed by atoms with E-state index in [9.17, 15) is 4.79 Å². The van der Waals surface area contributed by atoms with E-state index >= 15 is 0 Å². The number of anilines is 1. The molecular weight excluding hydrogens is 166 g/mol. The zero-order valence-corrected chi connectivity index (χ0v) is 8.32. The molecule has 0 bridgehead atoms. The van der Waals surface area contributed by atoms with Crippen molar-refractivity contribution in [1.29, 1.82) is 0 Å². The molecule has 0 spiro atoms. The quantitative estimate of drug-likeness (QED) is 0.596. The Bertz CT molecular complexity index is 328. The molecule has 1 saturated heterocycles. The van der Waals surface area contributed by atoms with Crippen LogP contribution in [0.25, 0.3) is 0 Å². The molecule has 2 rings (SSSR count). The molecule has 4 heteroatoms. The second-order valence-corrected chi connectivity index (χ2v) is 2.67. The molecule has 1 aliphatic rings. The molecule has 2 heterocycles. The zero-order valence-electron chi connectivity index (χ0n) is 8.32. The SMILES string of the molecule is CC.Cn1ccc(N2CC2)nc1=O. The predicted octanol–water partition coefficient (Wildman–Crippen LogP) is 0.627. The Morgan fingerprint density at radius 2 is 2.00 bits per heavy atom. The number of nitrogens with zero attached hydrogens (tertiary/aromatic N) is 3. The molecule has 1 aromatic heterocycles. The van der Waals surface area contributed by atoms with Crippen LogP contribution in [0.1, 0.15) is 13.8 Å². The molecule has 0 aliphatic carbocycles. The lowest BCUT2D eigenvalue weighted by molar-refractivity contribution is 0.809. The Labute approximate surface area is 77.8 Å². The Morgan fingerprint density at radius 1 is 1.38 bits per heavy atom. The smallest absolute Gasteiger partial charge is 0.349 e. The highest BCUT2D eigenvalue weighted by Gasteiger charge is 2.19. The van der Waals surface area contributed by atoms with Crippen LogP contribution in [0.3, 0.4) is 0 Å². The van der Waals surface area contributed by atoms with Gasteiger partial charge in [-0.2, -0.15) is 4.98 Å². The van der Waals surface area contributed by atoms with E-state index in [2.05, 4.69) is 4.98 Å². The van der Waals surface area contributed by atoms with Gasteiger partial charge in [0.05, 0.1) is 0 Å². The minimum Gasteiger partial charge on any atom is -0.353 e. The van der Waals surface area contributed by atoms with Gasteiger partial charge in [-0.3, -0.25) is 0 Å². The lowest BCUT2D eigenvalue weighted by Crippen LogP contribution is -2.20. The maximum atomic E-state index is 11.0. The maximum Gasteiger partial charge on any atom is 0.349 e. The van der Waals surface area contributed by atoms with Crippen LogP contribution in [0, 0.1) is 0 Å². The summed E-state index contributed by atoms with van der Waals surface area (Å²) in [6.45, 7) is 6.06. The van der Waals surface area contributed by atoms with Crippen LogP contribution in [-0.4, -0.2) is 22.6 Å². The Balaban J connectivity index is 0.000000396. The van der Waals surface area contributed by atoms with Crippen molar-refractivity contribution in [3.63, 3.8) is 0 Å². The third-order valence-corrected chi connectivity index (χ3v) is 1.73. The van der Waals surface area contributed by atoms with Crippen LogP contribution in [0.15, 0.2) is 17.1 Å². The van der Waals surface area contributed by atoms with E-state index in [-0.39, 0.29) is 5.69 Å².